The van der Waals surface area contributed by atoms with Gasteiger partial charge in [-0.1, -0.05) is 0 Å². The van der Waals surface area contributed by atoms with Gasteiger partial charge in [0.15, 0.2) is 0 Å². The number of nitrogens with zero attached hydrogens (tertiary/aromatic N) is 2. The van der Waals surface area contributed by atoms with Gasteiger partial charge in [0, 0.05) is 24.9 Å². The first kappa shape index (κ1) is 8.54. The summed E-state index contributed by atoms with van der Waals surface area (Å²) in [7, 11) is 0. The fourth-order valence-corrected chi connectivity index (χ4v) is 0.754. The molecule has 0 unspecified atom stereocenters. The first-order valence-corrected chi connectivity index (χ1v) is 3.50. The molecule has 0 spiro atoms. The molecule has 12 heavy (non-hydrogen) atoms. The number of aliphatic imine (C=N–C) groups is 1. The van der Waals surface area contributed by atoms with Crippen LogP contribution < -0.4 is 11.2 Å². The Bertz CT molecular complexity index is 242. The van der Waals surface area contributed by atoms with Crippen LogP contribution in [0.2, 0.25) is 0 Å². The van der Waals surface area contributed by atoms with Crippen molar-refractivity contribution < 1.29 is 5.21 Å². The summed E-state index contributed by atoms with van der Waals surface area (Å²) in [5.74, 6) is 0.0227. The Morgan fingerprint density at radius 1 is 1.83 bits per heavy atom. The molecule has 1 aromatic heterocycles. The summed E-state index contributed by atoms with van der Waals surface area (Å²) >= 11 is 0. The predicted molar refractivity (Wildman–Crippen MR) is 43.7 cm³/mol. The Balaban J connectivity index is 2.28. The Labute approximate surface area is 69.5 Å². The van der Waals surface area contributed by atoms with Crippen LogP contribution in [0, 0.1) is 0 Å². The molecule has 0 aliphatic carbocycles. The number of nitrogens with one attached hydrogen (secondary N) is 2. The molecular formula is C6H11N5O. The molecule has 0 saturated carbocycles. The van der Waals surface area contributed by atoms with Crippen molar-refractivity contribution in [3.05, 3.63) is 18.2 Å². The van der Waals surface area contributed by atoms with Gasteiger partial charge in [-0.25, -0.2) is 10.5 Å². The second kappa shape index (κ2) is 4.35. The van der Waals surface area contributed by atoms with Crippen LogP contribution in [0.3, 0.4) is 0 Å². The van der Waals surface area contributed by atoms with E-state index in [0.717, 1.165) is 12.1 Å². The molecule has 66 valence electrons. The molecule has 0 aliphatic rings. The van der Waals surface area contributed by atoms with E-state index in [1.54, 1.807) is 18.0 Å². The second-order valence-electron chi connectivity index (χ2n) is 2.21. The summed E-state index contributed by atoms with van der Waals surface area (Å²) in [4.78, 5) is 10.6. The minimum Gasteiger partial charge on any atom is -0.368 e. The summed E-state index contributed by atoms with van der Waals surface area (Å²) in [5, 5.41) is 8.27. The van der Waals surface area contributed by atoms with Crippen LogP contribution >= 0.6 is 0 Å². The number of hydrogen-bond acceptors (Lipinski definition) is 3. The highest BCUT2D eigenvalue weighted by atomic mass is 16.5. The number of guanidine groups is 1. The third-order valence-corrected chi connectivity index (χ3v) is 1.33. The van der Waals surface area contributed by atoms with Crippen molar-refractivity contribution in [2.24, 2.45) is 10.7 Å². The average molecular weight is 169 g/mol. The molecule has 1 aromatic rings. The summed E-state index contributed by atoms with van der Waals surface area (Å²) in [6, 6.07) is 0. The maximum atomic E-state index is 8.27. The summed E-state index contributed by atoms with van der Waals surface area (Å²) in [6.45, 7) is 0.515. The SMILES string of the molecule is NC(=NCCc1cnc[nH]1)NO. The lowest BCUT2D eigenvalue weighted by Gasteiger charge is -1.96. The molecule has 0 bridgehead atoms. The molecule has 6 heteroatoms. The number of H-pyrrole nitrogens is 1. The average Bonchev–Trinajstić information content (AvgIpc) is 2.57. The van der Waals surface area contributed by atoms with E-state index < -0.39 is 0 Å². The number of rotatable bonds is 3. The molecule has 0 atom stereocenters. The maximum Gasteiger partial charge on any atom is 0.212 e. The van der Waals surface area contributed by atoms with E-state index in [2.05, 4.69) is 15.0 Å². The third kappa shape index (κ3) is 2.59. The minimum atomic E-state index is 0.0227. The zero-order valence-corrected chi connectivity index (χ0v) is 6.49. The fourth-order valence-electron chi connectivity index (χ4n) is 0.754. The van der Waals surface area contributed by atoms with Crippen molar-refractivity contribution in [1.29, 1.82) is 0 Å². The standard InChI is InChI=1S/C6H11N5O/c7-6(11-12)9-2-1-5-3-8-4-10-5/h3-4,12H,1-2H2,(H,8,10)(H3,7,9,11). The molecule has 1 rings (SSSR count). The quantitative estimate of drug-likeness (QED) is 0.271. The topological polar surface area (TPSA) is 99.3 Å². The number of hydrogen-bond donors (Lipinski definition) is 4. The lowest BCUT2D eigenvalue weighted by atomic mass is 10.3. The van der Waals surface area contributed by atoms with Crippen LogP contribution in [0.1, 0.15) is 5.69 Å². The van der Waals surface area contributed by atoms with Crippen LogP contribution in [0.5, 0.6) is 0 Å². The van der Waals surface area contributed by atoms with E-state index >= 15 is 0 Å². The van der Waals surface area contributed by atoms with Gasteiger partial charge in [-0.15, -0.1) is 0 Å². The monoisotopic (exact) mass is 169 g/mol. The smallest absolute Gasteiger partial charge is 0.212 e. The zero-order valence-electron chi connectivity index (χ0n) is 6.49. The highest BCUT2D eigenvalue weighted by Gasteiger charge is 1.92. The first-order valence-electron chi connectivity index (χ1n) is 3.50. The molecule has 0 saturated heterocycles. The Morgan fingerprint density at radius 2 is 2.67 bits per heavy atom. The molecule has 0 aromatic carbocycles. The van der Waals surface area contributed by atoms with Gasteiger partial charge < -0.3 is 10.7 Å². The highest BCUT2D eigenvalue weighted by Crippen LogP contribution is 1.91. The Hall–Kier alpha value is -1.56. The molecule has 0 amide bonds. The number of aromatic nitrogens is 2. The van der Waals surface area contributed by atoms with Crippen LogP contribution in [-0.2, 0) is 6.42 Å². The van der Waals surface area contributed by atoms with E-state index in [0.29, 0.717) is 6.54 Å². The molecule has 0 radical (unpaired) electrons. The van der Waals surface area contributed by atoms with Gasteiger partial charge in [0.1, 0.15) is 0 Å². The highest BCUT2D eigenvalue weighted by molar-refractivity contribution is 5.76. The zero-order chi connectivity index (χ0) is 8.81. The van der Waals surface area contributed by atoms with Crippen molar-refractivity contribution in [3.63, 3.8) is 0 Å². The lowest BCUT2D eigenvalue weighted by Crippen LogP contribution is -2.28. The van der Waals surface area contributed by atoms with Crippen LogP contribution in [0.4, 0.5) is 0 Å². The fraction of sp³-hybridized carbons (Fsp3) is 0.333. The van der Waals surface area contributed by atoms with Gasteiger partial charge in [-0.05, 0) is 0 Å². The molecule has 6 nitrogen and oxygen atoms in total. The van der Waals surface area contributed by atoms with Crippen molar-refractivity contribution in [1.82, 2.24) is 15.4 Å². The predicted octanol–water partition coefficient (Wildman–Crippen LogP) is -0.754. The van der Waals surface area contributed by atoms with Gasteiger partial charge in [0.2, 0.25) is 5.96 Å². The van der Waals surface area contributed by atoms with Crippen molar-refractivity contribution in [3.8, 4) is 0 Å². The van der Waals surface area contributed by atoms with Crippen LogP contribution in [0.15, 0.2) is 17.5 Å². The normalized spacial score (nSPS) is 11.6. The summed E-state index contributed by atoms with van der Waals surface area (Å²) < 4.78 is 0. The summed E-state index contributed by atoms with van der Waals surface area (Å²) in [6.07, 6.45) is 4.05. The lowest BCUT2D eigenvalue weighted by molar-refractivity contribution is 0.232. The van der Waals surface area contributed by atoms with Gasteiger partial charge in [0.25, 0.3) is 0 Å². The third-order valence-electron chi connectivity index (χ3n) is 1.33. The Morgan fingerprint density at radius 3 is 3.25 bits per heavy atom. The van der Waals surface area contributed by atoms with Gasteiger partial charge in [0.05, 0.1) is 6.33 Å². The van der Waals surface area contributed by atoms with Gasteiger partial charge in [-0.2, -0.15) is 0 Å². The second-order valence-corrected chi connectivity index (χ2v) is 2.21. The largest absolute Gasteiger partial charge is 0.368 e. The van der Waals surface area contributed by atoms with E-state index in [4.69, 9.17) is 10.9 Å². The maximum absolute atomic E-state index is 8.27. The van der Waals surface area contributed by atoms with Crippen LogP contribution in [-0.4, -0.2) is 27.7 Å². The molecule has 5 N–H and O–H groups in total. The molecular weight excluding hydrogens is 158 g/mol. The van der Waals surface area contributed by atoms with Gasteiger partial charge in [-0.3, -0.25) is 10.2 Å². The molecule has 0 fully saturated rings. The number of nitrogens with two attached hydrogens (primary N) is 1. The number of hydroxylamine groups is 1. The Kier molecular flexibility index (Phi) is 3.09. The first-order chi connectivity index (χ1) is 5.83. The van der Waals surface area contributed by atoms with Crippen molar-refractivity contribution in [2.45, 2.75) is 6.42 Å². The number of imidazole rings is 1. The number of aromatic amines is 1. The van der Waals surface area contributed by atoms with Crippen LogP contribution in [0.25, 0.3) is 0 Å². The van der Waals surface area contributed by atoms with E-state index in [9.17, 15) is 0 Å². The van der Waals surface area contributed by atoms with Crippen molar-refractivity contribution in [2.75, 3.05) is 6.54 Å². The minimum absolute atomic E-state index is 0.0227. The molecule has 1 heterocycles. The van der Waals surface area contributed by atoms with Crippen molar-refractivity contribution >= 4 is 5.96 Å². The van der Waals surface area contributed by atoms with E-state index in [1.165, 1.54) is 0 Å². The van der Waals surface area contributed by atoms with E-state index in [-0.39, 0.29) is 5.96 Å². The molecule has 0 aliphatic heterocycles. The van der Waals surface area contributed by atoms with Gasteiger partial charge >= 0.3 is 0 Å². The van der Waals surface area contributed by atoms with E-state index in [1.807, 2.05) is 0 Å². The summed E-state index contributed by atoms with van der Waals surface area (Å²) in [5.41, 5.74) is 7.91.